The average Bonchev–Trinajstić information content (AvgIpc) is 2.46. The van der Waals surface area contributed by atoms with Gasteiger partial charge in [-0.2, -0.15) is 0 Å². The molecular weight excluding hydrogens is 276 g/mol. The molecule has 0 saturated carbocycles. The Morgan fingerprint density at radius 2 is 1.80 bits per heavy atom. The molecule has 0 aromatic heterocycles. The molecule has 6 heteroatoms. The standard InChI is InChI=1S/C14H22N2O3S/c1-4-14(3,12-9-7-6-8-10-12)16-13(17)11-15-20(18,19)5-2/h6-10,15H,4-5,11H2,1-3H3,(H,16,17)/t14-/m1/s1. The molecule has 0 aliphatic carbocycles. The molecule has 1 aromatic rings. The predicted octanol–water partition coefficient (Wildman–Crippen LogP) is 1.37. The number of carbonyl (C=O) groups is 1. The number of amides is 1. The minimum absolute atomic E-state index is 0.0377. The van der Waals surface area contributed by atoms with Crippen LogP contribution < -0.4 is 10.0 Å². The quantitative estimate of drug-likeness (QED) is 0.798. The highest BCUT2D eigenvalue weighted by atomic mass is 32.2. The van der Waals surface area contributed by atoms with E-state index in [1.807, 2.05) is 44.2 Å². The van der Waals surface area contributed by atoms with Crippen molar-refractivity contribution < 1.29 is 13.2 Å². The van der Waals surface area contributed by atoms with Crippen molar-refractivity contribution in [3.63, 3.8) is 0 Å². The number of benzene rings is 1. The van der Waals surface area contributed by atoms with Crippen LogP contribution >= 0.6 is 0 Å². The van der Waals surface area contributed by atoms with Crippen molar-refractivity contribution in [3.8, 4) is 0 Å². The minimum atomic E-state index is -3.35. The second-order valence-electron chi connectivity index (χ2n) is 4.82. The maximum Gasteiger partial charge on any atom is 0.235 e. The first-order valence-corrected chi connectivity index (χ1v) is 8.32. The molecule has 1 aromatic carbocycles. The van der Waals surface area contributed by atoms with Gasteiger partial charge in [-0.05, 0) is 25.8 Å². The maximum absolute atomic E-state index is 11.9. The lowest BCUT2D eigenvalue weighted by atomic mass is 9.89. The van der Waals surface area contributed by atoms with E-state index >= 15 is 0 Å². The topological polar surface area (TPSA) is 75.3 Å². The van der Waals surface area contributed by atoms with Crippen LogP contribution in [0.3, 0.4) is 0 Å². The summed E-state index contributed by atoms with van der Waals surface area (Å²) in [6.45, 7) is 5.19. The van der Waals surface area contributed by atoms with Crippen molar-refractivity contribution in [3.05, 3.63) is 35.9 Å². The van der Waals surface area contributed by atoms with Crippen LogP contribution in [-0.4, -0.2) is 26.6 Å². The Morgan fingerprint density at radius 3 is 2.30 bits per heavy atom. The second-order valence-corrected chi connectivity index (χ2v) is 6.92. The molecule has 0 heterocycles. The summed E-state index contributed by atoms with van der Waals surface area (Å²) in [7, 11) is -3.35. The number of carbonyl (C=O) groups excluding carboxylic acids is 1. The third-order valence-corrected chi connectivity index (χ3v) is 4.71. The fraction of sp³-hybridized carbons (Fsp3) is 0.500. The Morgan fingerprint density at radius 1 is 1.20 bits per heavy atom. The third-order valence-electron chi connectivity index (χ3n) is 3.37. The zero-order valence-corrected chi connectivity index (χ0v) is 13.0. The Labute approximate surface area is 120 Å². The monoisotopic (exact) mass is 298 g/mol. The molecule has 0 spiro atoms. The summed E-state index contributed by atoms with van der Waals surface area (Å²) in [4.78, 5) is 11.9. The van der Waals surface area contributed by atoms with Gasteiger partial charge in [0.1, 0.15) is 0 Å². The first kappa shape index (κ1) is 16.7. The fourth-order valence-electron chi connectivity index (χ4n) is 1.80. The van der Waals surface area contributed by atoms with Gasteiger partial charge in [0.05, 0.1) is 17.8 Å². The Bertz CT molecular complexity index is 543. The van der Waals surface area contributed by atoms with Gasteiger partial charge in [-0.3, -0.25) is 4.79 Å². The number of nitrogens with one attached hydrogen (secondary N) is 2. The van der Waals surface area contributed by atoms with E-state index < -0.39 is 15.6 Å². The molecule has 0 bridgehead atoms. The molecule has 0 unspecified atom stereocenters. The summed E-state index contributed by atoms with van der Waals surface area (Å²) in [5.41, 5.74) is 0.491. The highest BCUT2D eigenvalue weighted by Gasteiger charge is 2.26. The van der Waals surface area contributed by atoms with Crippen molar-refractivity contribution in [1.82, 2.24) is 10.0 Å². The lowest BCUT2D eigenvalue weighted by Gasteiger charge is -2.30. The number of hydrogen-bond donors (Lipinski definition) is 2. The van der Waals surface area contributed by atoms with E-state index in [0.717, 1.165) is 5.56 Å². The summed E-state index contributed by atoms with van der Waals surface area (Å²) in [6.07, 6.45) is 0.712. The van der Waals surface area contributed by atoms with Crippen molar-refractivity contribution in [2.75, 3.05) is 12.3 Å². The minimum Gasteiger partial charge on any atom is -0.346 e. The van der Waals surface area contributed by atoms with Gasteiger partial charge in [-0.15, -0.1) is 0 Å². The van der Waals surface area contributed by atoms with Gasteiger partial charge in [0.2, 0.25) is 15.9 Å². The van der Waals surface area contributed by atoms with Crippen molar-refractivity contribution in [2.24, 2.45) is 0 Å². The zero-order chi connectivity index (χ0) is 15.2. The molecule has 2 N–H and O–H groups in total. The van der Waals surface area contributed by atoms with Crippen molar-refractivity contribution in [2.45, 2.75) is 32.7 Å². The first-order valence-electron chi connectivity index (χ1n) is 6.67. The molecule has 0 aliphatic heterocycles. The van der Waals surface area contributed by atoms with Crippen LogP contribution in [0, 0.1) is 0 Å². The summed E-state index contributed by atoms with van der Waals surface area (Å²) in [5, 5.41) is 2.89. The molecule has 112 valence electrons. The Hall–Kier alpha value is -1.40. The average molecular weight is 298 g/mol. The van der Waals surface area contributed by atoms with Crippen LogP contribution in [-0.2, 0) is 20.4 Å². The van der Waals surface area contributed by atoms with E-state index in [1.54, 1.807) is 0 Å². The van der Waals surface area contributed by atoms with E-state index in [4.69, 9.17) is 0 Å². The van der Waals surface area contributed by atoms with Crippen LogP contribution in [0.4, 0.5) is 0 Å². The summed E-state index contributed by atoms with van der Waals surface area (Å²) in [5.74, 6) is -0.375. The normalized spacial score (nSPS) is 14.6. The van der Waals surface area contributed by atoms with Crippen molar-refractivity contribution in [1.29, 1.82) is 0 Å². The zero-order valence-electron chi connectivity index (χ0n) is 12.1. The lowest BCUT2D eigenvalue weighted by molar-refractivity contribution is -0.121. The number of hydrogen-bond acceptors (Lipinski definition) is 3. The third kappa shape index (κ3) is 4.61. The summed E-state index contributed by atoms with van der Waals surface area (Å²) >= 11 is 0. The molecule has 0 saturated heterocycles. The smallest absolute Gasteiger partial charge is 0.235 e. The second kappa shape index (κ2) is 6.85. The largest absolute Gasteiger partial charge is 0.346 e. The van der Waals surface area contributed by atoms with Gasteiger partial charge in [0.15, 0.2) is 0 Å². The maximum atomic E-state index is 11.9. The molecule has 1 rings (SSSR count). The molecular formula is C14H22N2O3S. The Kier molecular flexibility index (Phi) is 5.71. The van der Waals surface area contributed by atoms with Crippen LogP contribution in [0.5, 0.6) is 0 Å². The van der Waals surface area contributed by atoms with Gasteiger partial charge in [0.25, 0.3) is 0 Å². The van der Waals surface area contributed by atoms with Crippen LogP contribution in [0.2, 0.25) is 0 Å². The molecule has 0 fully saturated rings. The predicted molar refractivity (Wildman–Crippen MR) is 79.7 cm³/mol. The highest BCUT2D eigenvalue weighted by molar-refractivity contribution is 7.89. The van der Waals surface area contributed by atoms with Crippen LogP contribution in [0.15, 0.2) is 30.3 Å². The fourth-order valence-corrected chi connectivity index (χ4v) is 2.36. The Balaban J connectivity index is 2.72. The first-order chi connectivity index (χ1) is 9.33. The van der Waals surface area contributed by atoms with Crippen LogP contribution in [0.25, 0.3) is 0 Å². The van der Waals surface area contributed by atoms with E-state index in [9.17, 15) is 13.2 Å². The number of rotatable bonds is 7. The molecule has 0 radical (unpaired) electrons. The van der Waals surface area contributed by atoms with Gasteiger partial charge in [-0.1, -0.05) is 37.3 Å². The van der Waals surface area contributed by atoms with Crippen molar-refractivity contribution >= 4 is 15.9 Å². The highest BCUT2D eigenvalue weighted by Crippen LogP contribution is 2.23. The molecule has 0 aliphatic rings. The van der Waals surface area contributed by atoms with Gasteiger partial charge in [0, 0.05) is 0 Å². The van der Waals surface area contributed by atoms with Crippen LogP contribution in [0.1, 0.15) is 32.8 Å². The summed E-state index contributed by atoms with van der Waals surface area (Å²) in [6, 6.07) is 9.63. The van der Waals surface area contributed by atoms with E-state index in [1.165, 1.54) is 6.92 Å². The molecule has 1 atom stereocenters. The molecule has 1 amide bonds. The van der Waals surface area contributed by atoms with E-state index in [-0.39, 0.29) is 18.2 Å². The van der Waals surface area contributed by atoms with E-state index in [0.29, 0.717) is 6.42 Å². The number of sulfonamides is 1. The van der Waals surface area contributed by atoms with Gasteiger partial charge >= 0.3 is 0 Å². The van der Waals surface area contributed by atoms with E-state index in [2.05, 4.69) is 10.0 Å². The lowest BCUT2D eigenvalue weighted by Crippen LogP contribution is -2.47. The van der Waals surface area contributed by atoms with Gasteiger partial charge in [-0.25, -0.2) is 13.1 Å². The summed E-state index contributed by atoms with van der Waals surface area (Å²) < 4.78 is 24.9. The molecule has 5 nitrogen and oxygen atoms in total. The SMILES string of the molecule is CC[C@@](C)(NC(=O)CNS(=O)(=O)CC)c1ccccc1. The van der Waals surface area contributed by atoms with Gasteiger partial charge < -0.3 is 5.32 Å². The molecule has 20 heavy (non-hydrogen) atoms.